The SMILES string of the molecule is CC1(C)Cc2c(C#N)c(SCCC#N)nc(N3CCCC3)c2CO1. The molecule has 0 radical (unpaired) electrons. The van der Waals surface area contributed by atoms with Gasteiger partial charge in [-0.1, -0.05) is 0 Å². The van der Waals surface area contributed by atoms with Crippen molar-refractivity contribution >= 4 is 17.6 Å². The molecule has 0 atom stereocenters. The number of rotatable bonds is 4. The highest BCUT2D eigenvalue weighted by Crippen LogP contribution is 2.39. The molecule has 0 amide bonds. The van der Waals surface area contributed by atoms with Crippen molar-refractivity contribution in [1.29, 1.82) is 10.5 Å². The molecular weight excluding hydrogens is 320 g/mol. The van der Waals surface area contributed by atoms with E-state index in [1.807, 2.05) is 0 Å². The number of aromatic nitrogens is 1. The first-order chi connectivity index (χ1) is 11.6. The summed E-state index contributed by atoms with van der Waals surface area (Å²) >= 11 is 1.52. The van der Waals surface area contributed by atoms with E-state index in [1.54, 1.807) is 0 Å². The number of hydrogen-bond acceptors (Lipinski definition) is 6. The van der Waals surface area contributed by atoms with E-state index in [4.69, 9.17) is 15.0 Å². The average molecular weight is 342 g/mol. The van der Waals surface area contributed by atoms with Crippen LogP contribution >= 0.6 is 11.8 Å². The zero-order valence-electron chi connectivity index (χ0n) is 14.3. The molecule has 1 aromatic heterocycles. The van der Waals surface area contributed by atoms with Crippen molar-refractivity contribution in [3.63, 3.8) is 0 Å². The molecule has 0 saturated carbocycles. The van der Waals surface area contributed by atoms with E-state index >= 15 is 0 Å². The fraction of sp³-hybridized carbons (Fsp3) is 0.611. The standard InChI is InChI=1S/C18H22N4OS/c1-18(2)10-13-14(11-20)17(24-9-5-6-19)21-16(15(13)12-23-18)22-7-3-4-8-22/h3-5,7-10,12H2,1-2H3. The van der Waals surface area contributed by atoms with Gasteiger partial charge in [-0.05, 0) is 32.3 Å². The molecule has 0 spiro atoms. The third-order valence-electron chi connectivity index (χ3n) is 4.54. The van der Waals surface area contributed by atoms with E-state index in [2.05, 4.69) is 30.9 Å². The Morgan fingerprint density at radius 3 is 2.67 bits per heavy atom. The van der Waals surface area contributed by atoms with Crippen LogP contribution in [0.25, 0.3) is 0 Å². The van der Waals surface area contributed by atoms with Crippen LogP contribution in [0.2, 0.25) is 0 Å². The highest BCUT2D eigenvalue weighted by molar-refractivity contribution is 7.99. The normalized spacial score (nSPS) is 18.8. The van der Waals surface area contributed by atoms with Gasteiger partial charge in [0.1, 0.15) is 16.9 Å². The van der Waals surface area contributed by atoms with Gasteiger partial charge >= 0.3 is 0 Å². The molecule has 1 fully saturated rings. The third-order valence-corrected chi connectivity index (χ3v) is 5.51. The van der Waals surface area contributed by atoms with Crippen molar-refractivity contribution in [3.05, 3.63) is 16.7 Å². The largest absolute Gasteiger partial charge is 0.370 e. The first kappa shape index (κ1) is 17.1. The number of hydrogen-bond donors (Lipinski definition) is 0. The molecule has 0 unspecified atom stereocenters. The minimum absolute atomic E-state index is 0.267. The number of pyridine rings is 1. The minimum Gasteiger partial charge on any atom is -0.370 e. The molecule has 0 aromatic carbocycles. The Labute approximate surface area is 147 Å². The highest BCUT2D eigenvalue weighted by atomic mass is 32.2. The Morgan fingerprint density at radius 1 is 1.25 bits per heavy atom. The Bertz CT molecular complexity index is 711. The summed E-state index contributed by atoms with van der Waals surface area (Å²) < 4.78 is 6.00. The molecule has 2 aliphatic heterocycles. The van der Waals surface area contributed by atoms with Gasteiger partial charge in [-0.3, -0.25) is 0 Å². The van der Waals surface area contributed by atoms with Crippen molar-refractivity contribution in [2.45, 2.75) is 56.8 Å². The first-order valence-corrected chi connectivity index (χ1v) is 9.39. The molecule has 2 aliphatic rings. The lowest BCUT2D eigenvalue weighted by Crippen LogP contribution is -2.34. The first-order valence-electron chi connectivity index (χ1n) is 8.40. The Morgan fingerprint density at radius 2 is 2.00 bits per heavy atom. The van der Waals surface area contributed by atoms with Gasteiger partial charge in [-0.2, -0.15) is 10.5 Å². The van der Waals surface area contributed by atoms with Crippen LogP contribution in [0.1, 0.15) is 49.8 Å². The quantitative estimate of drug-likeness (QED) is 0.617. The number of anilines is 1. The van der Waals surface area contributed by atoms with Crippen LogP contribution in [-0.2, 0) is 17.8 Å². The lowest BCUT2D eigenvalue weighted by molar-refractivity contribution is -0.0401. The molecule has 5 nitrogen and oxygen atoms in total. The number of fused-ring (bicyclic) bond motifs is 1. The minimum atomic E-state index is -0.267. The maximum atomic E-state index is 9.73. The van der Waals surface area contributed by atoms with Crippen LogP contribution in [0.4, 0.5) is 5.82 Å². The number of thioether (sulfide) groups is 1. The summed E-state index contributed by atoms with van der Waals surface area (Å²) in [4.78, 5) is 7.15. The summed E-state index contributed by atoms with van der Waals surface area (Å²) in [6, 6.07) is 4.52. The van der Waals surface area contributed by atoms with E-state index in [0.29, 0.717) is 24.3 Å². The van der Waals surface area contributed by atoms with Gasteiger partial charge in [0.05, 0.1) is 23.8 Å². The van der Waals surface area contributed by atoms with Crippen molar-refractivity contribution in [2.24, 2.45) is 0 Å². The third kappa shape index (κ3) is 3.36. The highest BCUT2D eigenvalue weighted by Gasteiger charge is 2.33. The Kier molecular flexibility index (Phi) is 4.99. The Balaban J connectivity index is 2.08. The second-order valence-electron chi connectivity index (χ2n) is 6.86. The molecule has 6 heteroatoms. The van der Waals surface area contributed by atoms with Crippen LogP contribution in [0.15, 0.2) is 5.03 Å². The second-order valence-corrected chi connectivity index (χ2v) is 7.94. The monoisotopic (exact) mass is 342 g/mol. The summed E-state index contributed by atoms with van der Waals surface area (Å²) in [6.07, 6.45) is 3.54. The summed E-state index contributed by atoms with van der Waals surface area (Å²) in [5.74, 6) is 1.65. The smallest absolute Gasteiger partial charge is 0.135 e. The van der Waals surface area contributed by atoms with Gasteiger partial charge in [0.2, 0.25) is 0 Å². The molecule has 0 bridgehead atoms. The zero-order chi connectivity index (χ0) is 17.2. The maximum absolute atomic E-state index is 9.73. The van der Waals surface area contributed by atoms with E-state index in [-0.39, 0.29) is 5.60 Å². The maximum Gasteiger partial charge on any atom is 0.135 e. The predicted octanol–water partition coefficient (Wildman–Crippen LogP) is 3.41. The number of nitriles is 2. The Hall–Kier alpha value is -1.76. The molecule has 1 saturated heterocycles. The van der Waals surface area contributed by atoms with Gasteiger partial charge < -0.3 is 9.64 Å². The van der Waals surface area contributed by atoms with Crippen LogP contribution in [0.3, 0.4) is 0 Å². The van der Waals surface area contributed by atoms with Crippen molar-refractivity contribution in [1.82, 2.24) is 4.98 Å². The summed E-state index contributed by atoms with van der Waals surface area (Å²) in [6.45, 7) is 6.66. The van der Waals surface area contributed by atoms with Crippen molar-refractivity contribution < 1.29 is 4.74 Å². The van der Waals surface area contributed by atoms with E-state index in [1.165, 1.54) is 24.6 Å². The van der Waals surface area contributed by atoms with E-state index in [9.17, 15) is 5.26 Å². The van der Waals surface area contributed by atoms with Crippen LogP contribution in [0, 0.1) is 22.7 Å². The van der Waals surface area contributed by atoms with Crippen molar-refractivity contribution in [2.75, 3.05) is 23.7 Å². The van der Waals surface area contributed by atoms with Crippen LogP contribution < -0.4 is 4.90 Å². The molecule has 3 rings (SSSR count). The van der Waals surface area contributed by atoms with Gasteiger partial charge in [-0.15, -0.1) is 11.8 Å². The van der Waals surface area contributed by atoms with Crippen molar-refractivity contribution in [3.8, 4) is 12.1 Å². The zero-order valence-corrected chi connectivity index (χ0v) is 15.1. The van der Waals surface area contributed by atoms with E-state index < -0.39 is 0 Å². The molecular formula is C18H22N4OS. The second kappa shape index (κ2) is 7.01. The fourth-order valence-corrected chi connectivity index (χ4v) is 4.18. The summed E-state index contributed by atoms with van der Waals surface area (Å²) in [5.41, 5.74) is 2.58. The topological polar surface area (TPSA) is 72.9 Å². The summed E-state index contributed by atoms with van der Waals surface area (Å²) in [5, 5.41) is 19.3. The van der Waals surface area contributed by atoms with E-state index in [0.717, 1.165) is 41.5 Å². The number of nitrogens with zero attached hydrogens (tertiary/aromatic N) is 4. The molecule has 3 heterocycles. The molecule has 1 aromatic rings. The molecule has 24 heavy (non-hydrogen) atoms. The molecule has 0 aliphatic carbocycles. The molecule has 0 N–H and O–H groups in total. The van der Waals surface area contributed by atoms with Gasteiger partial charge in [-0.25, -0.2) is 4.98 Å². The lowest BCUT2D eigenvalue weighted by Gasteiger charge is -2.35. The van der Waals surface area contributed by atoms with Gasteiger partial charge in [0.15, 0.2) is 0 Å². The van der Waals surface area contributed by atoms with Crippen LogP contribution in [0.5, 0.6) is 0 Å². The van der Waals surface area contributed by atoms with Gasteiger partial charge in [0, 0.05) is 37.2 Å². The predicted molar refractivity (Wildman–Crippen MR) is 93.9 cm³/mol. The lowest BCUT2D eigenvalue weighted by atomic mass is 9.89. The van der Waals surface area contributed by atoms with Gasteiger partial charge in [0.25, 0.3) is 0 Å². The number of ether oxygens (including phenoxy) is 1. The average Bonchev–Trinajstić information content (AvgIpc) is 3.07. The molecule has 126 valence electrons. The van der Waals surface area contributed by atoms with Crippen LogP contribution in [-0.4, -0.2) is 29.4 Å². The summed E-state index contributed by atoms with van der Waals surface area (Å²) in [7, 11) is 0. The fourth-order valence-electron chi connectivity index (χ4n) is 3.33.